The number of hydrogen-bond acceptors (Lipinski definition) is 5. The lowest BCUT2D eigenvalue weighted by atomic mass is 10.1. The second-order valence-electron chi connectivity index (χ2n) is 6.22. The summed E-state index contributed by atoms with van der Waals surface area (Å²) in [5.41, 5.74) is 2.98. The number of carbonyl (C=O) groups is 1. The average Bonchev–Trinajstić information content (AvgIpc) is 2.89. The third kappa shape index (κ3) is 4.51. The molecule has 4 nitrogen and oxygen atoms in total. The first-order valence-corrected chi connectivity index (χ1v) is 10.4. The zero-order chi connectivity index (χ0) is 20.3. The van der Waals surface area contributed by atoms with E-state index in [1.54, 1.807) is 19.2 Å². The predicted molar refractivity (Wildman–Crippen MR) is 119 cm³/mol. The summed E-state index contributed by atoms with van der Waals surface area (Å²) in [4.78, 5) is 14.2. The fourth-order valence-corrected chi connectivity index (χ4v) is 4.15. The Kier molecular flexibility index (Phi) is 6.65. The first-order valence-electron chi connectivity index (χ1n) is 8.76. The number of thiocarbonyl (C=S) groups is 1. The van der Waals surface area contributed by atoms with Gasteiger partial charge in [-0.25, -0.2) is 0 Å². The maximum Gasteiger partial charge on any atom is 0.265 e. The zero-order valence-corrected chi connectivity index (χ0v) is 18.2. The molecule has 1 heterocycles. The van der Waals surface area contributed by atoms with E-state index in [4.69, 9.17) is 33.3 Å². The molecule has 1 saturated heterocycles. The van der Waals surface area contributed by atoms with E-state index in [1.807, 2.05) is 44.2 Å². The van der Waals surface area contributed by atoms with Crippen LogP contribution in [0.3, 0.4) is 0 Å². The minimum absolute atomic E-state index is 0.121. The maximum atomic E-state index is 12.2. The number of hydrogen-bond donors (Lipinski definition) is 0. The standard InChI is InChI=1S/C21H20ClNO3S2/c1-4-25-17-10-14(11-18-20(24)23(3)21(27)28-18)9-16(22)19(17)26-12-15-8-6-5-7-13(15)2/h5-11H,4,12H2,1-3H3/b18-11-. The number of halogens is 1. The Morgan fingerprint density at radius 3 is 2.64 bits per heavy atom. The van der Waals surface area contributed by atoms with Gasteiger partial charge < -0.3 is 9.47 Å². The van der Waals surface area contributed by atoms with Crippen LogP contribution < -0.4 is 9.47 Å². The summed E-state index contributed by atoms with van der Waals surface area (Å²) < 4.78 is 12.3. The number of benzene rings is 2. The van der Waals surface area contributed by atoms with Gasteiger partial charge in [-0.2, -0.15) is 0 Å². The van der Waals surface area contributed by atoms with E-state index in [1.165, 1.54) is 16.7 Å². The molecule has 0 aromatic heterocycles. The van der Waals surface area contributed by atoms with Gasteiger partial charge in [-0.1, -0.05) is 59.8 Å². The third-order valence-corrected chi connectivity index (χ3v) is 6.01. The van der Waals surface area contributed by atoms with Gasteiger partial charge in [-0.3, -0.25) is 9.69 Å². The number of aryl methyl sites for hydroxylation is 1. The molecular weight excluding hydrogens is 414 g/mol. The minimum Gasteiger partial charge on any atom is -0.490 e. The number of carbonyl (C=O) groups excluding carboxylic acids is 1. The Hall–Kier alpha value is -2.02. The molecule has 1 amide bonds. The third-order valence-electron chi connectivity index (χ3n) is 4.25. The number of amides is 1. The molecule has 2 aromatic carbocycles. The van der Waals surface area contributed by atoms with E-state index in [0.29, 0.717) is 39.0 Å². The smallest absolute Gasteiger partial charge is 0.265 e. The maximum absolute atomic E-state index is 12.2. The lowest BCUT2D eigenvalue weighted by Gasteiger charge is -2.15. The Labute approximate surface area is 179 Å². The quantitative estimate of drug-likeness (QED) is 0.447. The van der Waals surface area contributed by atoms with E-state index in [9.17, 15) is 4.79 Å². The topological polar surface area (TPSA) is 38.8 Å². The Morgan fingerprint density at radius 2 is 2.00 bits per heavy atom. The van der Waals surface area contributed by atoms with Gasteiger partial charge in [0.05, 0.1) is 16.5 Å². The van der Waals surface area contributed by atoms with Crippen LogP contribution in [0.4, 0.5) is 0 Å². The van der Waals surface area contributed by atoms with Gasteiger partial charge in [0.1, 0.15) is 10.9 Å². The van der Waals surface area contributed by atoms with Gasteiger partial charge in [0.25, 0.3) is 5.91 Å². The lowest BCUT2D eigenvalue weighted by molar-refractivity contribution is -0.121. The average molecular weight is 434 g/mol. The fourth-order valence-electron chi connectivity index (χ4n) is 2.69. The summed E-state index contributed by atoms with van der Waals surface area (Å²) in [5, 5.41) is 0.428. The highest BCUT2D eigenvalue weighted by atomic mass is 35.5. The largest absolute Gasteiger partial charge is 0.490 e. The highest BCUT2D eigenvalue weighted by Gasteiger charge is 2.28. The van der Waals surface area contributed by atoms with E-state index in [0.717, 1.165) is 16.7 Å². The molecule has 0 atom stereocenters. The Morgan fingerprint density at radius 1 is 1.25 bits per heavy atom. The van der Waals surface area contributed by atoms with Crippen molar-refractivity contribution in [3.63, 3.8) is 0 Å². The van der Waals surface area contributed by atoms with Gasteiger partial charge in [0, 0.05) is 7.05 Å². The molecule has 0 unspecified atom stereocenters. The molecule has 0 radical (unpaired) electrons. The van der Waals surface area contributed by atoms with Crippen molar-refractivity contribution in [2.24, 2.45) is 0 Å². The number of likely N-dealkylation sites (N-methyl/N-ethyl adjacent to an activating group) is 1. The zero-order valence-electron chi connectivity index (χ0n) is 15.8. The van der Waals surface area contributed by atoms with Crippen molar-refractivity contribution < 1.29 is 14.3 Å². The van der Waals surface area contributed by atoms with Gasteiger partial charge in [0.15, 0.2) is 11.5 Å². The van der Waals surface area contributed by atoms with Crippen molar-refractivity contribution >= 4 is 51.9 Å². The van der Waals surface area contributed by atoms with Crippen molar-refractivity contribution in [2.75, 3.05) is 13.7 Å². The second-order valence-corrected chi connectivity index (χ2v) is 8.30. The summed E-state index contributed by atoms with van der Waals surface area (Å²) in [6, 6.07) is 11.6. The molecule has 0 aliphatic carbocycles. The highest BCUT2D eigenvalue weighted by Crippen LogP contribution is 2.39. The molecule has 1 aliphatic heterocycles. The summed E-state index contributed by atoms with van der Waals surface area (Å²) >= 11 is 12.9. The van der Waals surface area contributed by atoms with Crippen molar-refractivity contribution in [3.05, 3.63) is 63.0 Å². The van der Waals surface area contributed by atoms with Crippen molar-refractivity contribution in [2.45, 2.75) is 20.5 Å². The minimum atomic E-state index is -0.121. The molecule has 146 valence electrons. The fraction of sp³-hybridized carbons (Fsp3) is 0.238. The molecule has 2 aromatic rings. The van der Waals surface area contributed by atoms with Crippen LogP contribution in [0.5, 0.6) is 11.5 Å². The second kappa shape index (κ2) is 8.99. The van der Waals surface area contributed by atoms with Gasteiger partial charge in [-0.15, -0.1) is 0 Å². The van der Waals surface area contributed by atoms with Crippen LogP contribution in [0.1, 0.15) is 23.6 Å². The molecule has 0 bridgehead atoms. The first kappa shape index (κ1) is 20.7. The van der Waals surface area contributed by atoms with Crippen LogP contribution >= 0.6 is 35.6 Å². The molecule has 7 heteroatoms. The predicted octanol–water partition coefficient (Wildman–Crippen LogP) is 5.46. The summed E-state index contributed by atoms with van der Waals surface area (Å²) in [5.74, 6) is 0.915. The summed E-state index contributed by atoms with van der Waals surface area (Å²) in [7, 11) is 1.67. The summed E-state index contributed by atoms with van der Waals surface area (Å²) in [6.45, 7) is 4.79. The number of thioether (sulfide) groups is 1. The molecule has 0 N–H and O–H groups in total. The van der Waals surface area contributed by atoms with Crippen LogP contribution in [0.2, 0.25) is 5.02 Å². The molecular formula is C21H20ClNO3S2. The molecule has 3 rings (SSSR count). The number of ether oxygens (including phenoxy) is 2. The Balaban J connectivity index is 1.89. The normalized spacial score (nSPS) is 15.4. The van der Waals surface area contributed by atoms with E-state index >= 15 is 0 Å². The van der Waals surface area contributed by atoms with Gasteiger partial charge in [-0.05, 0) is 48.7 Å². The van der Waals surface area contributed by atoms with E-state index in [-0.39, 0.29) is 5.91 Å². The van der Waals surface area contributed by atoms with Crippen LogP contribution in [0, 0.1) is 6.92 Å². The van der Waals surface area contributed by atoms with Crippen molar-refractivity contribution in [1.29, 1.82) is 0 Å². The monoisotopic (exact) mass is 433 g/mol. The SMILES string of the molecule is CCOc1cc(/C=C2\SC(=S)N(C)C2=O)cc(Cl)c1OCc1ccccc1C. The number of rotatable bonds is 6. The molecule has 28 heavy (non-hydrogen) atoms. The van der Waals surface area contributed by atoms with E-state index in [2.05, 4.69) is 0 Å². The van der Waals surface area contributed by atoms with Crippen LogP contribution in [-0.4, -0.2) is 28.8 Å². The van der Waals surface area contributed by atoms with Crippen molar-refractivity contribution in [1.82, 2.24) is 4.90 Å². The highest BCUT2D eigenvalue weighted by molar-refractivity contribution is 8.26. The van der Waals surface area contributed by atoms with Crippen molar-refractivity contribution in [3.8, 4) is 11.5 Å². The number of nitrogens with zero attached hydrogens (tertiary/aromatic N) is 1. The molecule has 1 aliphatic rings. The van der Waals surface area contributed by atoms with Gasteiger partial charge >= 0.3 is 0 Å². The first-order chi connectivity index (χ1) is 13.4. The van der Waals surface area contributed by atoms with Gasteiger partial charge in [0.2, 0.25) is 0 Å². The Bertz CT molecular complexity index is 959. The lowest BCUT2D eigenvalue weighted by Crippen LogP contribution is -2.22. The molecule has 1 fully saturated rings. The van der Waals surface area contributed by atoms with Crippen LogP contribution in [0.25, 0.3) is 6.08 Å². The summed E-state index contributed by atoms with van der Waals surface area (Å²) in [6.07, 6.45) is 1.77. The molecule has 0 saturated carbocycles. The van der Waals surface area contributed by atoms with E-state index < -0.39 is 0 Å². The molecule has 0 spiro atoms. The van der Waals surface area contributed by atoms with Crippen LogP contribution in [-0.2, 0) is 11.4 Å². The van der Waals surface area contributed by atoms with Crippen LogP contribution in [0.15, 0.2) is 41.3 Å².